The van der Waals surface area contributed by atoms with Crippen molar-refractivity contribution >= 4 is 21.6 Å². The third-order valence-electron chi connectivity index (χ3n) is 5.19. The molecule has 3 rings (SSSR count). The van der Waals surface area contributed by atoms with Gasteiger partial charge in [-0.3, -0.25) is 9.52 Å². The summed E-state index contributed by atoms with van der Waals surface area (Å²) in [5, 5.41) is 3.04. The molecule has 0 saturated carbocycles. The third kappa shape index (κ3) is 5.52. The number of nitrogens with one attached hydrogen (secondary N) is 2. The molecule has 0 fully saturated rings. The first-order chi connectivity index (χ1) is 14.7. The van der Waals surface area contributed by atoms with Crippen LogP contribution in [0.4, 0.5) is 5.69 Å². The van der Waals surface area contributed by atoms with Crippen molar-refractivity contribution in [2.45, 2.75) is 45.1 Å². The fraction of sp³-hybridized carbons (Fsp3) is 0.240. The molecular weight excluding hydrogens is 408 g/mol. The van der Waals surface area contributed by atoms with Gasteiger partial charge in [-0.25, -0.2) is 8.42 Å². The first kappa shape index (κ1) is 22.6. The van der Waals surface area contributed by atoms with Crippen LogP contribution in [0.25, 0.3) is 0 Å². The number of anilines is 1. The van der Waals surface area contributed by atoms with Crippen molar-refractivity contribution in [2.75, 3.05) is 4.72 Å². The lowest BCUT2D eigenvalue weighted by atomic mass is 9.97. The molecule has 0 aliphatic rings. The summed E-state index contributed by atoms with van der Waals surface area (Å²) in [7, 11) is -3.81. The van der Waals surface area contributed by atoms with E-state index in [1.807, 2.05) is 45.9 Å². The standard InChI is InChI=1S/C25H28N2O3S/c1-5-24(23-13-12-18(3)14-19(23)4)26-25(28)20-9-7-11-22(16-20)31(29,30)27-21-10-6-8-17(2)15-21/h6-16,24,27H,5H2,1-4H3,(H,26,28). The number of rotatable bonds is 7. The zero-order valence-electron chi connectivity index (χ0n) is 18.3. The Morgan fingerprint density at radius 3 is 2.29 bits per heavy atom. The first-order valence-electron chi connectivity index (χ1n) is 10.3. The Morgan fingerprint density at radius 1 is 0.903 bits per heavy atom. The highest BCUT2D eigenvalue weighted by atomic mass is 32.2. The minimum absolute atomic E-state index is 0.0428. The summed E-state index contributed by atoms with van der Waals surface area (Å²) < 4.78 is 28.2. The smallest absolute Gasteiger partial charge is 0.261 e. The molecule has 6 heteroatoms. The summed E-state index contributed by atoms with van der Waals surface area (Å²) in [6.07, 6.45) is 0.725. The molecule has 0 saturated heterocycles. The van der Waals surface area contributed by atoms with Crippen LogP contribution in [0.1, 0.15) is 52.0 Å². The number of sulfonamides is 1. The molecule has 0 aliphatic heterocycles. The van der Waals surface area contributed by atoms with E-state index in [2.05, 4.69) is 16.1 Å². The summed E-state index contributed by atoms with van der Waals surface area (Å²) in [5.41, 5.74) is 5.08. The second-order valence-corrected chi connectivity index (χ2v) is 9.48. The lowest BCUT2D eigenvalue weighted by Gasteiger charge is -2.20. The molecule has 1 atom stereocenters. The topological polar surface area (TPSA) is 75.3 Å². The van der Waals surface area contributed by atoms with E-state index in [0.717, 1.165) is 23.1 Å². The lowest BCUT2D eigenvalue weighted by Crippen LogP contribution is -2.29. The van der Waals surface area contributed by atoms with E-state index >= 15 is 0 Å². The van der Waals surface area contributed by atoms with Gasteiger partial charge in [0.1, 0.15) is 0 Å². The maximum atomic E-state index is 12.9. The molecule has 2 N–H and O–H groups in total. The molecule has 5 nitrogen and oxygen atoms in total. The highest BCUT2D eigenvalue weighted by molar-refractivity contribution is 7.92. The second-order valence-electron chi connectivity index (χ2n) is 7.80. The van der Waals surface area contributed by atoms with Gasteiger partial charge in [-0.1, -0.05) is 48.9 Å². The van der Waals surface area contributed by atoms with E-state index in [9.17, 15) is 13.2 Å². The van der Waals surface area contributed by atoms with E-state index in [1.54, 1.807) is 30.3 Å². The molecule has 1 unspecified atom stereocenters. The summed E-state index contributed by atoms with van der Waals surface area (Å²) in [5.74, 6) is -0.306. The van der Waals surface area contributed by atoms with Gasteiger partial charge in [-0.2, -0.15) is 0 Å². The maximum Gasteiger partial charge on any atom is 0.261 e. The number of amides is 1. The van der Waals surface area contributed by atoms with Gasteiger partial charge in [0.05, 0.1) is 10.9 Å². The Bertz CT molecular complexity index is 1200. The van der Waals surface area contributed by atoms with Crippen LogP contribution in [-0.4, -0.2) is 14.3 Å². The molecule has 0 aromatic heterocycles. The van der Waals surface area contributed by atoms with Gasteiger partial charge < -0.3 is 5.32 Å². The van der Waals surface area contributed by atoms with E-state index in [4.69, 9.17) is 0 Å². The van der Waals surface area contributed by atoms with E-state index in [1.165, 1.54) is 17.7 Å². The van der Waals surface area contributed by atoms with Crippen molar-refractivity contribution in [1.82, 2.24) is 5.32 Å². The first-order valence-corrected chi connectivity index (χ1v) is 11.8. The number of carbonyl (C=O) groups is 1. The van der Waals surface area contributed by atoms with Crippen LogP contribution < -0.4 is 10.0 Å². The van der Waals surface area contributed by atoms with Crippen molar-refractivity contribution in [3.63, 3.8) is 0 Å². The number of carbonyl (C=O) groups excluding carboxylic acids is 1. The van der Waals surface area contributed by atoms with Gasteiger partial charge in [-0.15, -0.1) is 0 Å². The molecular formula is C25H28N2O3S. The summed E-state index contributed by atoms with van der Waals surface area (Å²) >= 11 is 0. The average molecular weight is 437 g/mol. The number of benzene rings is 3. The summed E-state index contributed by atoms with van der Waals surface area (Å²) in [4.78, 5) is 13.0. The quantitative estimate of drug-likeness (QED) is 0.528. The van der Waals surface area contributed by atoms with Gasteiger partial charge in [0.15, 0.2) is 0 Å². The van der Waals surface area contributed by atoms with Crippen molar-refractivity contribution in [3.8, 4) is 0 Å². The monoisotopic (exact) mass is 436 g/mol. The average Bonchev–Trinajstić information content (AvgIpc) is 2.72. The van der Waals surface area contributed by atoms with E-state index in [0.29, 0.717) is 11.3 Å². The van der Waals surface area contributed by atoms with Crippen LogP contribution in [0.5, 0.6) is 0 Å². The van der Waals surface area contributed by atoms with Crippen LogP contribution in [0.15, 0.2) is 71.6 Å². The molecule has 3 aromatic carbocycles. The van der Waals surface area contributed by atoms with E-state index < -0.39 is 10.0 Å². The Balaban J connectivity index is 1.82. The minimum atomic E-state index is -3.81. The van der Waals surface area contributed by atoms with Crippen LogP contribution in [0.3, 0.4) is 0 Å². The van der Waals surface area contributed by atoms with Crippen molar-refractivity contribution in [2.24, 2.45) is 0 Å². The molecule has 3 aromatic rings. The van der Waals surface area contributed by atoms with Gasteiger partial charge in [-0.05, 0) is 74.2 Å². The fourth-order valence-electron chi connectivity index (χ4n) is 3.59. The molecule has 0 bridgehead atoms. The summed E-state index contributed by atoms with van der Waals surface area (Å²) in [6, 6.07) is 19.2. The normalized spacial score (nSPS) is 12.3. The van der Waals surface area contributed by atoms with Gasteiger partial charge in [0, 0.05) is 11.3 Å². The largest absolute Gasteiger partial charge is 0.345 e. The maximum absolute atomic E-state index is 12.9. The van der Waals surface area contributed by atoms with Crippen LogP contribution in [-0.2, 0) is 10.0 Å². The Morgan fingerprint density at radius 2 is 1.61 bits per heavy atom. The molecule has 0 aliphatic carbocycles. The Kier molecular flexibility index (Phi) is 6.81. The van der Waals surface area contributed by atoms with Gasteiger partial charge in [0.2, 0.25) is 0 Å². The van der Waals surface area contributed by atoms with E-state index in [-0.39, 0.29) is 16.8 Å². The number of hydrogen-bond acceptors (Lipinski definition) is 3. The molecule has 0 heterocycles. The number of aryl methyl sites for hydroxylation is 3. The number of hydrogen-bond donors (Lipinski definition) is 2. The van der Waals surface area contributed by atoms with Crippen molar-refractivity contribution < 1.29 is 13.2 Å². The summed E-state index contributed by atoms with van der Waals surface area (Å²) in [6.45, 7) is 7.97. The van der Waals surface area contributed by atoms with Crippen LogP contribution >= 0.6 is 0 Å². The molecule has 0 spiro atoms. The second kappa shape index (κ2) is 9.35. The van der Waals surface area contributed by atoms with Crippen molar-refractivity contribution in [1.29, 1.82) is 0 Å². The van der Waals surface area contributed by atoms with Crippen LogP contribution in [0, 0.1) is 20.8 Å². The van der Waals surface area contributed by atoms with Gasteiger partial charge in [0.25, 0.3) is 15.9 Å². The van der Waals surface area contributed by atoms with Crippen molar-refractivity contribution in [3.05, 3.63) is 94.5 Å². The zero-order valence-corrected chi connectivity index (χ0v) is 19.1. The Labute approximate surface area is 184 Å². The lowest BCUT2D eigenvalue weighted by molar-refractivity contribution is 0.0935. The van der Waals surface area contributed by atoms with Crippen LogP contribution in [0.2, 0.25) is 0 Å². The highest BCUT2D eigenvalue weighted by Gasteiger charge is 2.19. The predicted octanol–water partition coefficient (Wildman–Crippen LogP) is 5.29. The molecule has 0 radical (unpaired) electrons. The van der Waals surface area contributed by atoms with Gasteiger partial charge >= 0.3 is 0 Å². The SMILES string of the molecule is CCC(NC(=O)c1cccc(S(=O)(=O)Nc2cccc(C)c2)c1)c1ccc(C)cc1C. The Hall–Kier alpha value is -3.12. The minimum Gasteiger partial charge on any atom is -0.345 e. The molecule has 162 valence electrons. The predicted molar refractivity (Wildman–Crippen MR) is 125 cm³/mol. The third-order valence-corrected chi connectivity index (χ3v) is 6.57. The fourth-order valence-corrected chi connectivity index (χ4v) is 4.68. The highest BCUT2D eigenvalue weighted by Crippen LogP contribution is 2.23. The molecule has 1 amide bonds. The molecule has 31 heavy (non-hydrogen) atoms. The zero-order chi connectivity index (χ0) is 22.6.